The fourth-order valence-electron chi connectivity index (χ4n) is 4.26. The van der Waals surface area contributed by atoms with Crippen LogP contribution in [0, 0.1) is 20.8 Å². The van der Waals surface area contributed by atoms with E-state index < -0.39 is 0 Å². The van der Waals surface area contributed by atoms with Gasteiger partial charge >= 0.3 is 0 Å². The number of aromatic hydroxyl groups is 1. The van der Waals surface area contributed by atoms with Crippen LogP contribution in [0.15, 0.2) is 39.5 Å². The molecule has 1 fully saturated rings. The second kappa shape index (κ2) is 8.73. The highest BCUT2D eigenvalue weighted by Crippen LogP contribution is 2.32. The van der Waals surface area contributed by atoms with E-state index in [1.54, 1.807) is 19.1 Å². The van der Waals surface area contributed by atoms with Crippen molar-refractivity contribution in [3.63, 3.8) is 0 Å². The number of nitrogens with zero attached hydrogens (tertiary/aromatic N) is 2. The van der Waals surface area contributed by atoms with Gasteiger partial charge in [-0.2, -0.15) is 0 Å². The van der Waals surface area contributed by atoms with Gasteiger partial charge in [-0.25, -0.2) is 0 Å². The normalized spacial score (nSPS) is 15.5. The molecule has 0 saturated carbocycles. The van der Waals surface area contributed by atoms with Gasteiger partial charge in [0.1, 0.15) is 22.8 Å². The summed E-state index contributed by atoms with van der Waals surface area (Å²) >= 11 is 0. The van der Waals surface area contributed by atoms with Crippen molar-refractivity contribution in [3.05, 3.63) is 63.0 Å². The smallest absolute Gasteiger partial charge is 0.235 e. The van der Waals surface area contributed by atoms with E-state index in [9.17, 15) is 9.90 Å². The zero-order valence-corrected chi connectivity index (χ0v) is 18.7. The summed E-state index contributed by atoms with van der Waals surface area (Å²) in [5, 5.41) is 11.0. The minimum absolute atomic E-state index is 0.149. The van der Waals surface area contributed by atoms with Crippen LogP contribution in [0.4, 0.5) is 0 Å². The number of rotatable bonds is 5. The van der Waals surface area contributed by atoms with E-state index in [4.69, 9.17) is 9.15 Å². The average molecular weight is 423 g/mol. The number of phenolic OH excluding ortho intramolecular Hbond substituents is 1. The predicted molar refractivity (Wildman–Crippen MR) is 122 cm³/mol. The molecule has 1 aliphatic rings. The SMILES string of the molecule is CCN1CCN(Cc2c(O)ccc3c(=O)c(Oc4cc(C)cc(C)c4)c(C)oc23)CC1. The molecule has 3 aromatic rings. The van der Waals surface area contributed by atoms with Gasteiger partial charge in [0, 0.05) is 32.7 Å². The van der Waals surface area contributed by atoms with Crippen molar-refractivity contribution in [3.8, 4) is 17.2 Å². The minimum Gasteiger partial charge on any atom is -0.507 e. The lowest BCUT2D eigenvalue weighted by Gasteiger charge is -2.34. The minimum atomic E-state index is -0.227. The van der Waals surface area contributed by atoms with E-state index in [1.165, 1.54) is 0 Å². The van der Waals surface area contributed by atoms with Gasteiger partial charge in [-0.3, -0.25) is 9.69 Å². The van der Waals surface area contributed by atoms with Crippen LogP contribution in [0.3, 0.4) is 0 Å². The molecule has 1 saturated heterocycles. The summed E-state index contributed by atoms with van der Waals surface area (Å²) in [5.74, 6) is 1.35. The van der Waals surface area contributed by atoms with Crippen LogP contribution in [-0.4, -0.2) is 47.6 Å². The van der Waals surface area contributed by atoms with Crippen LogP contribution in [0.5, 0.6) is 17.2 Å². The molecule has 6 heteroatoms. The second-order valence-electron chi connectivity index (χ2n) is 8.39. The zero-order chi connectivity index (χ0) is 22.1. The molecule has 4 rings (SSSR count). The summed E-state index contributed by atoms with van der Waals surface area (Å²) < 4.78 is 12.0. The first-order valence-electron chi connectivity index (χ1n) is 10.8. The highest BCUT2D eigenvalue weighted by atomic mass is 16.5. The third-order valence-corrected chi connectivity index (χ3v) is 5.97. The van der Waals surface area contributed by atoms with Crippen LogP contribution in [-0.2, 0) is 6.54 Å². The van der Waals surface area contributed by atoms with E-state index in [0.29, 0.717) is 34.6 Å². The number of hydrogen-bond donors (Lipinski definition) is 1. The van der Waals surface area contributed by atoms with Gasteiger partial charge < -0.3 is 19.2 Å². The molecular formula is C25H30N2O4. The number of hydrogen-bond acceptors (Lipinski definition) is 6. The molecule has 164 valence electrons. The van der Waals surface area contributed by atoms with Crippen molar-refractivity contribution in [1.82, 2.24) is 9.80 Å². The molecule has 31 heavy (non-hydrogen) atoms. The molecule has 0 radical (unpaired) electrons. The Hall–Kier alpha value is -2.83. The summed E-state index contributed by atoms with van der Waals surface area (Å²) in [5.41, 5.74) is 2.99. The molecule has 1 aliphatic heterocycles. The number of phenols is 1. The van der Waals surface area contributed by atoms with Gasteiger partial charge in [-0.1, -0.05) is 13.0 Å². The fraction of sp³-hybridized carbons (Fsp3) is 0.400. The molecule has 2 heterocycles. The summed E-state index contributed by atoms with van der Waals surface area (Å²) in [6.45, 7) is 13.3. The Bertz CT molecular complexity index is 1140. The summed E-state index contributed by atoms with van der Waals surface area (Å²) in [7, 11) is 0. The van der Waals surface area contributed by atoms with E-state index in [-0.39, 0.29) is 16.9 Å². The van der Waals surface area contributed by atoms with Gasteiger partial charge in [-0.15, -0.1) is 0 Å². The summed E-state index contributed by atoms with van der Waals surface area (Å²) in [6, 6.07) is 9.04. The van der Waals surface area contributed by atoms with Crippen molar-refractivity contribution in [2.75, 3.05) is 32.7 Å². The molecule has 0 aliphatic carbocycles. The van der Waals surface area contributed by atoms with Gasteiger partial charge in [0.05, 0.1) is 10.9 Å². The Labute approximate surface area is 182 Å². The first kappa shape index (κ1) is 21.4. The topological polar surface area (TPSA) is 66.2 Å². The highest BCUT2D eigenvalue weighted by molar-refractivity contribution is 5.83. The van der Waals surface area contributed by atoms with Crippen LogP contribution in [0.2, 0.25) is 0 Å². The van der Waals surface area contributed by atoms with E-state index in [1.807, 2.05) is 26.0 Å². The number of likely N-dealkylation sites (N-methyl/N-ethyl adjacent to an activating group) is 1. The summed E-state index contributed by atoms with van der Waals surface area (Å²) in [6.07, 6.45) is 0. The quantitative estimate of drug-likeness (QED) is 0.659. The molecule has 0 bridgehead atoms. The average Bonchev–Trinajstić information content (AvgIpc) is 2.73. The molecule has 2 aromatic carbocycles. The molecule has 6 nitrogen and oxygen atoms in total. The molecule has 0 spiro atoms. The van der Waals surface area contributed by atoms with Crippen molar-refractivity contribution in [2.24, 2.45) is 0 Å². The number of aryl methyl sites for hydroxylation is 3. The molecule has 0 unspecified atom stereocenters. The molecule has 1 aromatic heterocycles. The van der Waals surface area contributed by atoms with E-state index in [2.05, 4.69) is 22.8 Å². The Morgan fingerprint density at radius 3 is 2.29 bits per heavy atom. The maximum atomic E-state index is 13.3. The lowest BCUT2D eigenvalue weighted by molar-refractivity contribution is 0.131. The first-order chi connectivity index (χ1) is 14.9. The van der Waals surface area contributed by atoms with Gasteiger partial charge in [0.15, 0.2) is 0 Å². The summed E-state index contributed by atoms with van der Waals surface area (Å²) in [4.78, 5) is 18.0. The Kier molecular flexibility index (Phi) is 6.03. The van der Waals surface area contributed by atoms with Crippen molar-refractivity contribution in [1.29, 1.82) is 0 Å². The zero-order valence-electron chi connectivity index (χ0n) is 18.7. The molecule has 0 atom stereocenters. The van der Waals surface area contributed by atoms with Crippen LogP contribution >= 0.6 is 0 Å². The van der Waals surface area contributed by atoms with Crippen molar-refractivity contribution >= 4 is 11.0 Å². The predicted octanol–water partition coefficient (Wildman–Crippen LogP) is 4.35. The number of fused-ring (bicyclic) bond motifs is 1. The molecule has 1 N–H and O–H groups in total. The maximum absolute atomic E-state index is 13.3. The van der Waals surface area contributed by atoms with Crippen LogP contribution in [0.1, 0.15) is 29.4 Å². The molecular weight excluding hydrogens is 392 g/mol. The maximum Gasteiger partial charge on any atom is 0.235 e. The van der Waals surface area contributed by atoms with Crippen LogP contribution < -0.4 is 10.2 Å². The third-order valence-electron chi connectivity index (χ3n) is 5.97. The highest BCUT2D eigenvalue weighted by Gasteiger charge is 2.22. The number of benzene rings is 2. The van der Waals surface area contributed by atoms with Crippen LogP contribution in [0.25, 0.3) is 11.0 Å². The Morgan fingerprint density at radius 1 is 1.00 bits per heavy atom. The van der Waals surface area contributed by atoms with Gasteiger partial charge in [-0.05, 0) is 62.7 Å². The number of piperazine rings is 1. The molecule has 0 amide bonds. The standard InChI is InChI=1S/C25H30N2O4/c1-5-26-8-10-27(11-9-26)15-21-22(28)7-6-20-23(29)24(18(4)30-25(20)21)31-19-13-16(2)12-17(3)14-19/h6-7,12-14,28H,5,8-11,15H2,1-4H3. The Morgan fingerprint density at radius 2 is 1.65 bits per heavy atom. The lowest BCUT2D eigenvalue weighted by Crippen LogP contribution is -2.45. The largest absolute Gasteiger partial charge is 0.507 e. The Balaban J connectivity index is 1.70. The van der Waals surface area contributed by atoms with E-state index in [0.717, 1.165) is 43.9 Å². The third kappa shape index (κ3) is 4.45. The second-order valence-corrected chi connectivity index (χ2v) is 8.39. The van der Waals surface area contributed by atoms with Crippen molar-refractivity contribution in [2.45, 2.75) is 34.2 Å². The van der Waals surface area contributed by atoms with Gasteiger partial charge in [0.2, 0.25) is 11.2 Å². The lowest BCUT2D eigenvalue weighted by atomic mass is 10.1. The monoisotopic (exact) mass is 422 g/mol. The van der Waals surface area contributed by atoms with E-state index >= 15 is 0 Å². The van der Waals surface area contributed by atoms with Gasteiger partial charge in [0.25, 0.3) is 0 Å². The fourth-order valence-corrected chi connectivity index (χ4v) is 4.26. The number of ether oxygens (including phenoxy) is 1. The van der Waals surface area contributed by atoms with Crippen molar-refractivity contribution < 1.29 is 14.3 Å². The first-order valence-corrected chi connectivity index (χ1v) is 10.8.